The van der Waals surface area contributed by atoms with Crippen LogP contribution in [0.25, 0.3) is 0 Å². The van der Waals surface area contributed by atoms with Gasteiger partial charge in [0, 0.05) is 5.41 Å². The molecule has 2 rings (SSSR count). The summed E-state index contributed by atoms with van der Waals surface area (Å²) in [7, 11) is 0. The molecule has 1 nitrogen and oxygen atoms in total. The molecule has 1 heteroatoms. The Morgan fingerprint density at radius 3 is 2.47 bits per heavy atom. The summed E-state index contributed by atoms with van der Waals surface area (Å²) in [5.74, 6) is 0. The molecular formula is C14H18O. The van der Waals surface area contributed by atoms with Gasteiger partial charge in [0.2, 0.25) is 0 Å². The van der Waals surface area contributed by atoms with E-state index in [2.05, 4.69) is 30.8 Å². The third-order valence-corrected chi connectivity index (χ3v) is 3.62. The minimum absolute atomic E-state index is 0.00938. The van der Waals surface area contributed by atoms with Crippen molar-refractivity contribution in [2.24, 2.45) is 0 Å². The van der Waals surface area contributed by atoms with Gasteiger partial charge in [0.1, 0.15) is 0 Å². The molecule has 0 bridgehead atoms. The first-order chi connectivity index (χ1) is 7.29. The molecule has 1 atom stereocenters. The molecule has 80 valence electrons. The van der Waals surface area contributed by atoms with Crippen LogP contribution in [0.3, 0.4) is 0 Å². The highest BCUT2D eigenvalue weighted by atomic mass is 16.3. The van der Waals surface area contributed by atoms with Crippen LogP contribution in [0.15, 0.2) is 43.0 Å². The normalized spacial score (nSPS) is 20.3. The van der Waals surface area contributed by atoms with Gasteiger partial charge in [-0.1, -0.05) is 42.8 Å². The molecule has 0 saturated heterocycles. The van der Waals surface area contributed by atoms with E-state index in [-0.39, 0.29) is 11.5 Å². The number of aliphatic hydroxyl groups is 1. The molecule has 1 fully saturated rings. The Morgan fingerprint density at radius 1 is 1.33 bits per heavy atom. The lowest BCUT2D eigenvalue weighted by Crippen LogP contribution is -2.45. The van der Waals surface area contributed by atoms with E-state index in [4.69, 9.17) is 0 Å². The minimum Gasteiger partial charge on any atom is -0.392 e. The monoisotopic (exact) mass is 202 g/mol. The van der Waals surface area contributed by atoms with Gasteiger partial charge in [0.15, 0.2) is 0 Å². The van der Waals surface area contributed by atoms with Gasteiger partial charge in [-0.2, -0.15) is 0 Å². The standard InChI is InChI=1S/C14H18O/c1-2-7-13(15)14(10-6-11-14)12-8-4-3-5-9-12/h2-5,8-9,13,15H,1,6-7,10-11H2. The molecule has 15 heavy (non-hydrogen) atoms. The maximum atomic E-state index is 10.2. The first-order valence-electron chi connectivity index (χ1n) is 5.64. The smallest absolute Gasteiger partial charge is 0.0671 e. The van der Waals surface area contributed by atoms with E-state index < -0.39 is 0 Å². The number of hydrogen-bond donors (Lipinski definition) is 1. The Hall–Kier alpha value is -1.08. The second-order valence-corrected chi connectivity index (χ2v) is 4.42. The van der Waals surface area contributed by atoms with E-state index in [0.717, 1.165) is 12.8 Å². The van der Waals surface area contributed by atoms with E-state index in [1.54, 1.807) is 0 Å². The van der Waals surface area contributed by atoms with Crippen LogP contribution in [0.1, 0.15) is 31.2 Å². The van der Waals surface area contributed by atoms with E-state index >= 15 is 0 Å². The summed E-state index contributed by atoms with van der Waals surface area (Å²) in [5, 5.41) is 10.2. The van der Waals surface area contributed by atoms with Crippen molar-refractivity contribution < 1.29 is 5.11 Å². The van der Waals surface area contributed by atoms with Crippen LogP contribution < -0.4 is 0 Å². The number of aliphatic hydroxyl groups excluding tert-OH is 1. The van der Waals surface area contributed by atoms with Crippen molar-refractivity contribution in [3.05, 3.63) is 48.6 Å². The number of benzene rings is 1. The fraction of sp³-hybridized carbons (Fsp3) is 0.429. The summed E-state index contributed by atoms with van der Waals surface area (Å²) in [4.78, 5) is 0. The van der Waals surface area contributed by atoms with Crippen LogP contribution in [-0.4, -0.2) is 11.2 Å². The molecule has 1 N–H and O–H groups in total. The molecule has 0 heterocycles. The highest BCUT2D eigenvalue weighted by molar-refractivity contribution is 5.30. The Bertz CT molecular complexity index is 324. The lowest BCUT2D eigenvalue weighted by molar-refractivity contribution is 0.0305. The quantitative estimate of drug-likeness (QED) is 0.744. The van der Waals surface area contributed by atoms with Crippen LogP contribution >= 0.6 is 0 Å². The van der Waals surface area contributed by atoms with Gasteiger partial charge in [-0.05, 0) is 24.8 Å². The van der Waals surface area contributed by atoms with Gasteiger partial charge >= 0.3 is 0 Å². The maximum absolute atomic E-state index is 10.2. The Kier molecular flexibility index (Phi) is 2.92. The lowest BCUT2D eigenvalue weighted by Gasteiger charge is -2.46. The Balaban J connectivity index is 2.25. The summed E-state index contributed by atoms with van der Waals surface area (Å²) in [5.41, 5.74) is 1.29. The van der Waals surface area contributed by atoms with E-state index in [1.807, 2.05) is 12.1 Å². The van der Waals surface area contributed by atoms with Gasteiger partial charge in [0.25, 0.3) is 0 Å². The van der Waals surface area contributed by atoms with Crippen molar-refractivity contribution in [3.8, 4) is 0 Å². The molecule has 1 aromatic carbocycles. The van der Waals surface area contributed by atoms with Gasteiger partial charge in [0.05, 0.1) is 6.10 Å². The topological polar surface area (TPSA) is 20.2 Å². The highest BCUT2D eigenvalue weighted by Crippen LogP contribution is 2.47. The molecule has 0 amide bonds. The van der Waals surface area contributed by atoms with Crippen molar-refractivity contribution in [3.63, 3.8) is 0 Å². The van der Waals surface area contributed by atoms with Crippen LogP contribution in [-0.2, 0) is 5.41 Å². The Morgan fingerprint density at radius 2 is 2.00 bits per heavy atom. The van der Waals surface area contributed by atoms with Gasteiger partial charge in [-0.25, -0.2) is 0 Å². The molecule has 0 spiro atoms. The summed E-state index contributed by atoms with van der Waals surface area (Å²) in [6.45, 7) is 3.71. The van der Waals surface area contributed by atoms with Crippen molar-refractivity contribution in [1.82, 2.24) is 0 Å². The van der Waals surface area contributed by atoms with Crippen molar-refractivity contribution in [1.29, 1.82) is 0 Å². The molecule has 1 saturated carbocycles. The number of rotatable bonds is 4. The van der Waals surface area contributed by atoms with Gasteiger partial charge in [-0.15, -0.1) is 6.58 Å². The second-order valence-electron chi connectivity index (χ2n) is 4.42. The van der Waals surface area contributed by atoms with E-state index in [9.17, 15) is 5.11 Å². The van der Waals surface area contributed by atoms with E-state index in [1.165, 1.54) is 12.0 Å². The third kappa shape index (κ3) is 1.72. The first kappa shape index (κ1) is 10.4. The zero-order valence-corrected chi connectivity index (χ0v) is 9.02. The van der Waals surface area contributed by atoms with Crippen LogP contribution in [0.4, 0.5) is 0 Å². The molecular weight excluding hydrogens is 184 g/mol. The molecule has 1 aliphatic carbocycles. The zero-order chi connectivity index (χ0) is 10.7. The Labute approximate surface area is 91.4 Å². The minimum atomic E-state index is -0.272. The predicted octanol–water partition coefficient (Wildman–Crippen LogP) is 3.05. The van der Waals surface area contributed by atoms with Gasteiger partial charge in [-0.3, -0.25) is 0 Å². The van der Waals surface area contributed by atoms with Gasteiger partial charge < -0.3 is 5.11 Å². The maximum Gasteiger partial charge on any atom is 0.0671 e. The van der Waals surface area contributed by atoms with Crippen LogP contribution in [0.2, 0.25) is 0 Å². The third-order valence-electron chi connectivity index (χ3n) is 3.62. The first-order valence-corrected chi connectivity index (χ1v) is 5.64. The molecule has 0 radical (unpaired) electrons. The fourth-order valence-electron chi connectivity index (χ4n) is 2.53. The molecule has 1 aromatic rings. The van der Waals surface area contributed by atoms with Crippen LogP contribution in [0, 0.1) is 0 Å². The molecule has 0 aliphatic heterocycles. The number of hydrogen-bond acceptors (Lipinski definition) is 1. The fourth-order valence-corrected chi connectivity index (χ4v) is 2.53. The molecule has 1 unspecified atom stereocenters. The van der Waals surface area contributed by atoms with E-state index in [0.29, 0.717) is 6.42 Å². The summed E-state index contributed by atoms with van der Waals surface area (Å²) in [6, 6.07) is 10.4. The largest absolute Gasteiger partial charge is 0.392 e. The van der Waals surface area contributed by atoms with Crippen molar-refractivity contribution in [2.45, 2.75) is 37.2 Å². The summed E-state index contributed by atoms with van der Waals surface area (Å²) < 4.78 is 0. The predicted molar refractivity (Wildman–Crippen MR) is 62.8 cm³/mol. The van der Waals surface area contributed by atoms with Crippen molar-refractivity contribution >= 4 is 0 Å². The van der Waals surface area contributed by atoms with Crippen LogP contribution in [0.5, 0.6) is 0 Å². The van der Waals surface area contributed by atoms with Crippen molar-refractivity contribution in [2.75, 3.05) is 0 Å². The lowest BCUT2D eigenvalue weighted by atomic mass is 9.60. The zero-order valence-electron chi connectivity index (χ0n) is 9.02. The summed E-state index contributed by atoms with van der Waals surface area (Å²) in [6.07, 6.45) is 5.66. The average molecular weight is 202 g/mol. The average Bonchev–Trinajstić information content (AvgIpc) is 2.18. The summed E-state index contributed by atoms with van der Waals surface area (Å²) >= 11 is 0. The molecule has 1 aliphatic rings. The molecule has 0 aromatic heterocycles. The second kappa shape index (κ2) is 4.19. The highest BCUT2D eigenvalue weighted by Gasteiger charge is 2.43. The SMILES string of the molecule is C=CCC(O)C1(c2ccccc2)CCC1.